The fourth-order valence-electron chi connectivity index (χ4n) is 3.60. The number of hydrogen-bond acceptors (Lipinski definition) is 0. The van der Waals surface area contributed by atoms with E-state index in [0.717, 1.165) is 23.2 Å². The topological polar surface area (TPSA) is 0 Å². The van der Waals surface area contributed by atoms with E-state index in [1.807, 2.05) is 0 Å². The molecule has 3 saturated carbocycles. The fourth-order valence-corrected chi connectivity index (χ4v) is 3.60. The highest BCUT2D eigenvalue weighted by Gasteiger charge is 2.59. The molecule has 0 heterocycles. The molecule has 0 aliphatic heterocycles. The Kier molecular flexibility index (Phi) is 1.19. The Bertz CT molecular complexity index is 144. The molecule has 3 aliphatic carbocycles. The molecule has 2 bridgehead atoms. The first-order chi connectivity index (χ1) is 4.70. The molecule has 3 fully saturated rings. The Morgan fingerprint density at radius 3 is 2.30 bits per heavy atom. The number of rotatable bonds is 1. The van der Waals surface area contributed by atoms with Gasteiger partial charge in [-0.05, 0) is 42.4 Å². The van der Waals surface area contributed by atoms with Gasteiger partial charge in [0.05, 0.1) is 0 Å². The highest BCUT2D eigenvalue weighted by atomic mass is 14.6. The van der Waals surface area contributed by atoms with Crippen molar-refractivity contribution in [3.05, 3.63) is 0 Å². The predicted octanol–water partition coefficient (Wildman–Crippen LogP) is 3.08. The van der Waals surface area contributed by atoms with Crippen molar-refractivity contribution in [2.24, 2.45) is 23.2 Å². The Hall–Kier alpha value is 0. The van der Waals surface area contributed by atoms with E-state index in [1.54, 1.807) is 6.42 Å². The minimum absolute atomic E-state index is 0.796. The summed E-state index contributed by atoms with van der Waals surface area (Å²) in [7, 11) is 0. The van der Waals surface area contributed by atoms with Crippen molar-refractivity contribution < 1.29 is 0 Å². The molecule has 3 aliphatic rings. The van der Waals surface area contributed by atoms with Gasteiger partial charge >= 0.3 is 0 Å². The van der Waals surface area contributed by atoms with Crippen molar-refractivity contribution in [1.82, 2.24) is 0 Å². The summed E-state index contributed by atoms with van der Waals surface area (Å²) >= 11 is 0. The summed E-state index contributed by atoms with van der Waals surface area (Å²) in [6.45, 7) is 7.28. The maximum absolute atomic E-state index is 2.46. The number of fused-ring (bicyclic) bond motifs is 1. The quantitative estimate of drug-likeness (QED) is 0.522. The first kappa shape index (κ1) is 6.69. The zero-order valence-corrected chi connectivity index (χ0v) is 7.35. The maximum atomic E-state index is 2.46. The summed E-state index contributed by atoms with van der Waals surface area (Å²) in [6, 6.07) is 0. The van der Waals surface area contributed by atoms with Gasteiger partial charge in [-0.15, -0.1) is 0 Å². The van der Waals surface area contributed by atoms with Crippen LogP contribution in [0.15, 0.2) is 0 Å². The molecule has 4 unspecified atom stereocenters. The lowest BCUT2D eigenvalue weighted by Crippen LogP contribution is -2.39. The van der Waals surface area contributed by atoms with E-state index in [2.05, 4.69) is 20.8 Å². The van der Waals surface area contributed by atoms with Crippen LogP contribution in [0.2, 0.25) is 0 Å². The van der Waals surface area contributed by atoms with Crippen LogP contribution in [0.5, 0.6) is 0 Å². The summed E-state index contributed by atoms with van der Waals surface area (Å²) in [4.78, 5) is 0. The summed E-state index contributed by atoms with van der Waals surface area (Å²) in [5.41, 5.74) is 0.796. The zero-order chi connectivity index (χ0) is 7.35. The SMILES string of the molecule is CCC12CC(CC1C)C2C. The van der Waals surface area contributed by atoms with Crippen LogP contribution < -0.4 is 0 Å². The fraction of sp³-hybridized carbons (Fsp3) is 1.00. The van der Waals surface area contributed by atoms with Crippen molar-refractivity contribution in [3.8, 4) is 0 Å². The zero-order valence-electron chi connectivity index (χ0n) is 7.35. The monoisotopic (exact) mass is 138 g/mol. The molecule has 0 saturated heterocycles. The van der Waals surface area contributed by atoms with Crippen molar-refractivity contribution in [2.75, 3.05) is 0 Å². The molecule has 0 nitrogen and oxygen atoms in total. The maximum Gasteiger partial charge on any atom is -0.0243 e. The third-order valence-corrected chi connectivity index (χ3v) is 4.55. The second-order valence-corrected chi connectivity index (χ2v) is 4.48. The van der Waals surface area contributed by atoms with Crippen LogP contribution in [0.4, 0.5) is 0 Å². The van der Waals surface area contributed by atoms with E-state index in [0.29, 0.717) is 0 Å². The third kappa shape index (κ3) is 0.500. The Morgan fingerprint density at radius 1 is 1.40 bits per heavy atom. The molecule has 0 aromatic heterocycles. The minimum Gasteiger partial charge on any atom is -0.0648 e. The molecule has 0 aromatic carbocycles. The van der Waals surface area contributed by atoms with Crippen molar-refractivity contribution >= 4 is 0 Å². The minimum atomic E-state index is 0.796. The molecule has 0 heteroatoms. The molecule has 0 amide bonds. The molecule has 10 heavy (non-hydrogen) atoms. The standard InChI is InChI=1S/C10H18/c1-4-10-6-9(8(10)3)5-7(10)2/h7-9H,4-6H2,1-3H3. The highest BCUT2D eigenvalue weighted by Crippen LogP contribution is 2.67. The van der Waals surface area contributed by atoms with Gasteiger partial charge in [-0.2, -0.15) is 0 Å². The molecule has 4 atom stereocenters. The number of hydrogen-bond donors (Lipinski definition) is 0. The Labute approximate surface area is 64.0 Å². The van der Waals surface area contributed by atoms with E-state index >= 15 is 0 Å². The largest absolute Gasteiger partial charge is 0.0648 e. The summed E-state index contributed by atoms with van der Waals surface area (Å²) in [6.07, 6.45) is 4.49. The van der Waals surface area contributed by atoms with E-state index in [4.69, 9.17) is 0 Å². The second-order valence-electron chi connectivity index (χ2n) is 4.48. The van der Waals surface area contributed by atoms with Crippen molar-refractivity contribution in [2.45, 2.75) is 40.0 Å². The van der Waals surface area contributed by atoms with Crippen molar-refractivity contribution in [1.29, 1.82) is 0 Å². The van der Waals surface area contributed by atoms with Gasteiger partial charge in [-0.1, -0.05) is 20.8 Å². The Balaban J connectivity index is 2.21. The first-order valence-corrected chi connectivity index (χ1v) is 4.70. The lowest BCUT2D eigenvalue weighted by Gasteiger charge is -2.47. The van der Waals surface area contributed by atoms with E-state index in [-0.39, 0.29) is 0 Å². The Morgan fingerprint density at radius 2 is 2.10 bits per heavy atom. The van der Waals surface area contributed by atoms with Crippen LogP contribution in [0.1, 0.15) is 40.0 Å². The molecule has 0 aromatic rings. The second kappa shape index (κ2) is 1.78. The van der Waals surface area contributed by atoms with Crippen LogP contribution in [-0.2, 0) is 0 Å². The molecule has 58 valence electrons. The van der Waals surface area contributed by atoms with Crippen LogP contribution in [-0.4, -0.2) is 0 Å². The lowest BCUT2D eigenvalue weighted by atomic mass is 9.58. The van der Waals surface area contributed by atoms with Gasteiger partial charge in [0.1, 0.15) is 0 Å². The summed E-state index contributed by atoms with van der Waals surface area (Å²) in [5, 5.41) is 0. The van der Waals surface area contributed by atoms with E-state index in [1.165, 1.54) is 12.8 Å². The average molecular weight is 138 g/mol. The summed E-state index contributed by atoms with van der Waals surface area (Å²) in [5.74, 6) is 3.18. The van der Waals surface area contributed by atoms with E-state index < -0.39 is 0 Å². The predicted molar refractivity (Wildman–Crippen MR) is 43.8 cm³/mol. The average Bonchev–Trinajstić information content (AvgIpc) is 2.37. The van der Waals surface area contributed by atoms with Crippen LogP contribution in [0, 0.1) is 23.2 Å². The van der Waals surface area contributed by atoms with Gasteiger partial charge < -0.3 is 0 Å². The van der Waals surface area contributed by atoms with Gasteiger partial charge in [0.25, 0.3) is 0 Å². The third-order valence-electron chi connectivity index (χ3n) is 4.55. The van der Waals surface area contributed by atoms with Gasteiger partial charge in [0.15, 0.2) is 0 Å². The molecule has 0 radical (unpaired) electrons. The van der Waals surface area contributed by atoms with E-state index in [9.17, 15) is 0 Å². The molecular formula is C10H18. The van der Waals surface area contributed by atoms with Gasteiger partial charge in [0.2, 0.25) is 0 Å². The smallest absolute Gasteiger partial charge is 0.0243 e. The molecule has 3 rings (SSSR count). The lowest BCUT2D eigenvalue weighted by molar-refractivity contribution is 0.0188. The van der Waals surface area contributed by atoms with Crippen LogP contribution >= 0.6 is 0 Å². The summed E-state index contributed by atoms with van der Waals surface area (Å²) < 4.78 is 0. The molecular weight excluding hydrogens is 120 g/mol. The van der Waals surface area contributed by atoms with Gasteiger partial charge in [0, 0.05) is 0 Å². The molecule has 0 N–H and O–H groups in total. The highest BCUT2D eigenvalue weighted by molar-refractivity contribution is 5.08. The molecule has 0 spiro atoms. The van der Waals surface area contributed by atoms with Crippen LogP contribution in [0.25, 0.3) is 0 Å². The van der Waals surface area contributed by atoms with Gasteiger partial charge in [-0.3, -0.25) is 0 Å². The van der Waals surface area contributed by atoms with Crippen molar-refractivity contribution in [3.63, 3.8) is 0 Å². The van der Waals surface area contributed by atoms with Gasteiger partial charge in [-0.25, -0.2) is 0 Å². The normalized spacial score (nSPS) is 58.5. The van der Waals surface area contributed by atoms with Crippen LogP contribution in [0.3, 0.4) is 0 Å². The first-order valence-electron chi connectivity index (χ1n) is 4.70.